The lowest BCUT2D eigenvalue weighted by Crippen LogP contribution is -2.09. The van der Waals surface area contributed by atoms with Gasteiger partial charge >= 0.3 is 0 Å². The van der Waals surface area contributed by atoms with Crippen LogP contribution in [0.2, 0.25) is 0 Å². The molecule has 0 radical (unpaired) electrons. The summed E-state index contributed by atoms with van der Waals surface area (Å²) in [4.78, 5) is 23.3. The van der Waals surface area contributed by atoms with E-state index in [1.165, 1.54) is 23.7 Å². The van der Waals surface area contributed by atoms with Crippen molar-refractivity contribution in [2.75, 3.05) is 11.1 Å². The first kappa shape index (κ1) is 17.7. The summed E-state index contributed by atoms with van der Waals surface area (Å²) in [5, 5.41) is 14.3. The second-order valence-electron chi connectivity index (χ2n) is 5.30. The van der Waals surface area contributed by atoms with E-state index in [0.29, 0.717) is 10.8 Å². The molecule has 0 aliphatic carbocycles. The average Bonchev–Trinajstić information content (AvgIpc) is 3.08. The van der Waals surface area contributed by atoms with Crippen LogP contribution in [0, 0.1) is 5.82 Å². The highest BCUT2D eigenvalue weighted by Gasteiger charge is 2.16. The first-order chi connectivity index (χ1) is 12.5. The van der Waals surface area contributed by atoms with Gasteiger partial charge in [0, 0.05) is 12.6 Å². The van der Waals surface area contributed by atoms with Crippen LogP contribution < -0.4 is 5.32 Å². The van der Waals surface area contributed by atoms with Crippen molar-refractivity contribution in [3.8, 4) is 5.69 Å². The Morgan fingerprint density at radius 2 is 1.96 bits per heavy atom. The number of aromatic nitrogens is 4. The monoisotopic (exact) mass is 371 g/mol. The molecule has 0 atom stereocenters. The summed E-state index contributed by atoms with van der Waals surface area (Å²) in [6.07, 6.45) is 0. The number of Topliss-reactive ketones (excluding diaryl/α,β-unsaturated/α-hetero) is 1. The number of thioether (sulfide) groups is 1. The van der Waals surface area contributed by atoms with Crippen molar-refractivity contribution < 1.29 is 14.0 Å². The van der Waals surface area contributed by atoms with Crippen molar-refractivity contribution >= 4 is 29.1 Å². The third-order valence-corrected chi connectivity index (χ3v) is 4.28. The van der Waals surface area contributed by atoms with Gasteiger partial charge in [-0.1, -0.05) is 30.0 Å². The average molecular weight is 371 g/mol. The van der Waals surface area contributed by atoms with Crippen LogP contribution in [0.1, 0.15) is 17.3 Å². The molecule has 1 N–H and O–H groups in total. The molecule has 7 nitrogen and oxygen atoms in total. The summed E-state index contributed by atoms with van der Waals surface area (Å²) < 4.78 is 15.6. The fraction of sp³-hybridized carbons (Fsp3) is 0.118. The van der Waals surface area contributed by atoms with E-state index in [0.717, 1.165) is 23.5 Å². The summed E-state index contributed by atoms with van der Waals surface area (Å²) in [5.41, 5.74) is 1.01. The lowest BCUT2D eigenvalue weighted by Gasteiger charge is -2.06. The van der Waals surface area contributed by atoms with E-state index >= 15 is 0 Å². The zero-order valence-electron chi connectivity index (χ0n) is 13.7. The van der Waals surface area contributed by atoms with E-state index in [2.05, 4.69) is 20.8 Å². The number of hydrogen-bond acceptors (Lipinski definition) is 6. The summed E-state index contributed by atoms with van der Waals surface area (Å²) in [6.45, 7) is 1.32. The lowest BCUT2D eigenvalue weighted by molar-refractivity contribution is -0.114. The predicted octanol–water partition coefficient (Wildman–Crippen LogP) is 2.73. The molecule has 0 aliphatic heterocycles. The first-order valence-electron chi connectivity index (χ1n) is 7.61. The Hall–Kier alpha value is -3.07. The van der Waals surface area contributed by atoms with Gasteiger partial charge in [0.25, 0.3) is 0 Å². The fourth-order valence-corrected chi connectivity index (χ4v) is 3.00. The lowest BCUT2D eigenvalue weighted by atomic mass is 10.1. The van der Waals surface area contributed by atoms with Crippen molar-refractivity contribution in [3.63, 3.8) is 0 Å². The zero-order valence-corrected chi connectivity index (χ0v) is 14.5. The van der Waals surface area contributed by atoms with E-state index in [1.54, 1.807) is 0 Å². The molecule has 1 amide bonds. The van der Waals surface area contributed by atoms with E-state index in [-0.39, 0.29) is 17.2 Å². The Morgan fingerprint density at radius 1 is 1.19 bits per heavy atom. The molecule has 0 saturated carbocycles. The Labute approximate surface area is 152 Å². The molecule has 0 fully saturated rings. The maximum atomic E-state index is 14.1. The molecule has 0 aliphatic rings. The number of rotatable bonds is 6. The third kappa shape index (κ3) is 4.12. The molecule has 3 rings (SSSR count). The molecule has 0 saturated heterocycles. The maximum absolute atomic E-state index is 14.1. The number of nitrogens with one attached hydrogen (secondary N) is 1. The Kier molecular flexibility index (Phi) is 5.37. The minimum atomic E-state index is -0.690. The van der Waals surface area contributed by atoms with Crippen LogP contribution in [-0.2, 0) is 4.79 Å². The number of benzene rings is 2. The van der Waals surface area contributed by atoms with E-state index in [9.17, 15) is 14.0 Å². The predicted molar refractivity (Wildman–Crippen MR) is 94.9 cm³/mol. The number of halogens is 1. The van der Waals surface area contributed by atoms with Crippen molar-refractivity contribution in [3.05, 3.63) is 59.9 Å². The minimum absolute atomic E-state index is 0.0242. The normalized spacial score (nSPS) is 10.5. The molecule has 1 heterocycles. The van der Waals surface area contributed by atoms with E-state index in [1.807, 2.05) is 30.3 Å². The number of ketones is 1. The van der Waals surface area contributed by atoms with Gasteiger partial charge in [0.15, 0.2) is 5.78 Å². The molecule has 3 aromatic rings. The van der Waals surface area contributed by atoms with E-state index < -0.39 is 11.6 Å². The summed E-state index contributed by atoms with van der Waals surface area (Å²) >= 11 is 1.12. The number of para-hydroxylation sites is 1. The summed E-state index contributed by atoms with van der Waals surface area (Å²) in [7, 11) is 0. The van der Waals surface area contributed by atoms with Crippen molar-refractivity contribution in [2.45, 2.75) is 12.1 Å². The van der Waals surface area contributed by atoms with Crippen molar-refractivity contribution in [1.82, 2.24) is 20.2 Å². The van der Waals surface area contributed by atoms with Gasteiger partial charge in [-0.15, -0.1) is 5.10 Å². The fourth-order valence-electron chi connectivity index (χ4n) is 2.23. The largest absolute Gasteiger partial charge is 0.326 e. The number of tetrazole rings is 1. The Morgan fingerprint density at radius 3 is 2.65 bits per heavy atom. The van der Waals surface area contributed by atoms with Gasteiger partial charge in [0.05, 0.1) is 17.0 Å². The molecule has 0 bridgehead atoms. The van der Waals surface area contributed by atoms with Crippen molar-refractivity contribution in [2.24, 2.45) is 0 Å². The highest BCUT2D eigenvalue weighted by molar-refractivity contribution is 7.99. The Bertz CT molecular complexity index is 945. The summed E-state index contributed by atoms with van der Waals surface area (Å²) in [5.74, 6) is -1.43. The molecule has 1 aromatic heterocycles. The highest BCUT2D eigenvalue weighted by atomic mass is 32.2. The Balaban J connectivity index is 1.70. The number of carbonyl (C=O) groups is 2. The van der Waals surface area contributed by atoms with Gasteiger partial charge in [0.2, 0.25) is 11.1 Å². The SMILES string of the molecule is CC(=O)Nc1ccc(C(=O)CSc2nnnn2-c2ccccc2)c(F)c1. The standard InChI is InChI=1S/C17H14FN5O2S/c1-11(24)19-12-7-8-14(15(18)9-12)16(25)10-26-17-20-21-22-23(17)13-5-3-2-4-6-13/h2-9H,10H2,1H3,(H,19,24). The van der Waals surface area contributed by atoms with Crippen LogP contribution in [0.5, 0.6) is 0 Å². The van der Waals surface area contributed by atoms with Crippen LogP contribution in [0.15, 0.2) is 53.7 Å². The van der Waals surface area contributed by atoms with Crippen LogP contribution in [0.3, 0.4) is 0 Å². The van der Waals surface area contributed by atoms with Gasteiger partial charge in [-0.05, 0) is 40.8 Å². The maximum Gasteiger partial charge on any atom is 0.221 e. The molecule has 0 spiro atoms. The second-order valence-corrected chi connectivity index (χ2v) is 6.24. The first-order valence-corrected chi connectivity index (χ1v) is 8.60. The minimum Gasteiger partial charge on any atom is -0.326 e. The molecule has 26 heavy (non-hydrogen) atoms. The molecule has 2 aromatic carbocycles. The smallest absolute Gasteiger partial charge is 0.221 e. The number of amides is 1. The molecular weight excluding hydrogens is 357 g/mol. The number of hydrogen-bond donors (Lipinski definition) is 1. The topological polar surface area (TPSA) is 89.8 Å². The number of anilines is 1. The quantitative estimate of drug-likeness (QED) is 0.529. The van der Waals surface area contributed by atoms with Gasteiger partial charge in [0.1, 0.15) is 5.82 Å². The second kappa shape index (κ2) is 7.87. The van der Waals surface area contributed by atoms with E-state index in [4.69, 9.17) is 0 Å². The van der Waals surface area contributed by atoms with Crippen LogP contribution in [-0.4, -0.2) is 37.7 Å². The van der Waals surface area contributed by atoms with Gasteiger partial charge in [-0.25, -0.2) is 4.39 Å². The van der Waals surface area contributed by atoms with Gasteiger partial charge < -0.3 is 5.32 Å². The van der Waals surface area contributed by atoms with Crippen LogP contribution in [0.25, 0.3) is 5.69 Å². The van der Waals surface area contributed by atoms with Gasteiger partial charge in [-0.3, -0.25) is 9.59 Å². The third-order valence-electron chi connectivity index (χ3n) is 3.36. The molecular formula is C17H14FN5O2S. The number of carbonyl (C=O) groups excluding carboxylic acids is 2. The summed E-state index contributed by atoms with van der Waals surface area (Å²) in [6, 6.07) is 13.2. The van der Waals surface area contributed by atoms with Crippen LogP contribution in [0.4, 0.5) is 10.1 Å². The van der Waals surface area contributed by atoms with Gasteiger partial charge in [-0.2, -0.15) is 4.68 Å². The number of nitrogens with zero attached hydrogens (tertiary/aromatic N) is 4. The zero-order chi connectivity index (χ0) is 18.5. The highest BCUT2D eigenvalue weighted by Crippen LogP contribution is 2.21. The van der Waals surface area contributed by atoms with Crippen LogP contribution >= 0.6 is 11.8 Å². The molecule has 9 heteroatoms. The van der Waals surface area contributed by atoms with Crippen molar-refractivity contribution in [1.29, 1.82) is 0 Å². The molecule has 0 unspecified atom stereocenters. The molecule has 132 valence electrons.